The van der Waals surface area contributed by atoms with Crippen LogP contribution in [0.25, 0.3) is 10.8 Å². The number of nitrogen functional groups attached to an aromatic ring is 1. The summed E-state index contributed by atoms with van der Waals surface area (Å²) in [6.07, 6.45) is 3.68. The van der Waals surface area contributed by atoms with Crippen LogP contribution in [0, 0.1) is 0 Å². The van der Waals surface area contributed by atoms with E-state index in [4.69, 9.17) is 10.5 Å². The van der Waals surface area contributed by atoms with Gasteiger partial charge in [-0.3, -0.25) is 9.78 Å². The van der Waals surface area contributed by atoms with E-state index in [1.807, 2.05) is 0 Å². The molecule has 3 N–H and O–H groups in total. The second kappa shape index (κ2) is 4.42. The van der Waals surface area contributed by atoms with E-state index < -0.39 is 0 Å². The van der Waals surface area contributed by atoms with E-state index in [1.54, 1.807) is 31.5 Å². The normalized spacial score (nSPS) is 14.4. The second-order valence-corrected chi connectivity index (χ2v) is 4.69. The Morgan fingerprint density at radius 1 is 1.42 bits per heavy atom. The molecule has 19 heavy (non-hydrogen) atoms. The van der Waals surface area contributed by atoms with Crippen LogP contribution in [0.3, 0.4) is 0 Å². The molecule has 5 heteroatoms. The Hall–Kier alpha value is -2.30. The van der Waals surface area contributed by atoms with Gasteiger partial charge in [-0.2, -0.15) is 0 Å². The first-order valence-corrected chi connectivity index (χ1v) is 6.22. The highest BCUT2D eigenvalue weighted by Crippen LogP contribution is 2.31. The van der Waals surface area contributed by atoms with E-state index in [2.05, 4.69) is 10.3 Å². The van der Waals surface area contributed by atoms with Crippen molar-refractivity contribution in [2.24, 2.45) is 0 Å². The molecule has 0 saturated heterocycles. The number of pyridine rings is 1. The summed E-state index contributed by atoms with van der Waals surface area (Å²) >= 11 is 0. The summed E-state index contributed by atoms with van der Waals surface area (Å²) in [5.41, 5.74) is 6.88. The Bertz CT molecular complexity index is 650. The van der Waals surface area contributed by atoms with Crippen molar-refractivity contribution in [3.63, 3.8) is 0 Å². The van der Waals surface area contributed by atoms with E-state index >= 15 is 0 Å². The number of benzene rings is 1. The number of fused-ring (bicyclic) bond motifs is 1. The first-order valence-electron chi connectivity index (χ1n) is 6.22. The van der Waals surface area contributed by atoms with Gasteiger partial charge in [0.05, 0.1) is 7.11 Å². The standard InChI is InChI=1S/C14H15N3O2/c1-19-11-5-4-10(15)12-9(11)6-7-16-13(12)14(18)17-8-2-3-8/h4-8H,2-3,15H2,1H3,(H,17,18). The predicted molar refractivity (Wildman–Crippen MR) is 73.2 cm³/mol. The number of carbonyl (C=O) groups excluding carboxylic acids is 1. The van der Waals surface area contributed by atoms with E-state index in [0.717, 1.165) is 18.2 Å². The van der Waals surface area contributed by atoms with E-state index in [-0.39, 0.29) is 11.9 Å². The number of ether oxygens (including phenoxy) is 1. The molecule has 2 aromatic rings. The zero-order chi connectivity index (χ0) is 13.4. The van der Waals surface area contributed by atoms with Gasteiger partial charge in [0.25, 0.3) is 5.91 Å². The lowest BCUT2D eigenvalue weighted by atomic mass is 10.1. The first kappa shape index (κ1) is 11.8. The number of carbonyl (C=O) groups is 1. The summed E-state index contributed by atoms with van der Waals surface area (Å²) in [5.74, 6) is 0.514. The molecule has 98 valence electrons. The van der Waals surface area contributed by atoms with Crippen molar-refractivity contribution in [1.29, 1.82) is 0 Å². The number of nitrogens with two attached hydrogens (primary N) is 1. The van der Waals surface area contributed by atoms with Crippen molar-refractivity contribution >= 4 is 22.4 Å². The minimum Gasteiger partial charge on any atom is -0.496 e. The summed E-state index contributed by atoms with van der Waals surface area (Å²) in [6, 6.07) is 5.62. The SMILES string of the molecule is COc1ccc(N)c2c(C(=O)NC3CC3)nccc12. The summed E-state index contributed by atoms with van der Waals surface area (Å²) < 4.78 is 5.30. The lowest BCUT2D eigenvalue weighted by molar-refractivity contribution is 0.0948. The van der Waals surface area contributed by atoms with Crippen LogP contribution in [0.1, 0.15) is 23.3 Å². The van der Waals surface area contributed by atoms with Crippen molar-refractivity contribution < 1.29 is 9.53 Å². The third-order valence-corrected chi connectivity index (χ3v) is 3.27. The smallest absolute Gasteiger partial charge is 0.270 e. The monoisotopic (exact) mass is 257 g/mol. The quantitative estimate of drug-likeness (QED) is 0.821. The molecule has 1 amide bonds. The number of aromatic nitrogens is 1. The molecule has 5 nitrogen and oxygen atoms in total. The number of nitrogens with zero attached hydrogens (tertiary/aromatic N) is 1. The lowest BCUT2D eigenvalue weighted by Gasteiger charge is -2.11. The van der Waals surface area contributed by atoms with Crippen LogP contribution >= 0.6 is 0 Å². The molecular formula is C14H15N3O2. The van der Waals surface area contributed by atoms with Gasteiger partial charge in [-0.05, 0) is 31.0 Å². The molecule has 1 aliphatic carbocycles. The van der Waals surface area contributed by atoms with Crippen LogP contribution in [0.2, 0.25) is 0 Å². The van der Waals surface area contributed by atoms with Gasteiger partial charge in [-0.1, -0.05) is 0 Å². The lowest BCUT2D eigenvalue weighted by Crippen LogP contribution is -2.26. The molecule has 0 spiro atoms. The molecular weight excluding hydrogens is 242 g/mol. The summed E-state index contributed by atoms with van der Waals surface area (Å²) in [6.45, 7) is 0. The molecule has 0 aliphatic heterocycles. The zero-order valence-electron chi connectivity index (χ0n) is 10.6. The Balaban J connectivity index is 2.15. The maximum Gasteiger partial charge on any atom is 0.270 e. The van der Waals surface area contributed by atoms with E-state index in [9.17, 15) is 4.79 Å². The minimum atomic E-state index is -0.173. The van der Waals surface area contributed by atoms with Crippen molar-refractivity contribution in [2.45, 2.75) is 18.9 Å². The van der Waals surface area contributed by atoms with Crippen molar-refractivity contribution in [1.82, 2.24) is 10.3 Å². The second-order valence-electron chi connectivity index (χ2n) is 4.69. The topological polar surface area (TPSA) is 77.2 Å². The highest BCUT2D eigenvalue weighted by molar-refractivity contribution is 6.11. The Morgan fingerprint density at radius 3 is 2.89 bits per heavy atom. The largest absolute Gasteiger partial charge is 0.496 e. The van der Waals surface area contributed by atoms with Gasteiger partial charge < -0.3 is 15.8 Å². The van der Waals surface area contributed by atoms with E-state index in [0.29, 0.717) is 22.5 Å². The fourth-order valence-corrected chi connectivity index (χ4v) is 2.13. The average molecular weight is 257 g/mol. The van der Waals surface area contributed by atoms with Gasteiger partial charge in [0, 0.05) is 28.7 Å². The van der Waals surface area contributed by atoms with Gasteiger partial charge in [0.1, 0.15) is 11.4 Å². The van der Waals surface area contributed by atoms with Crippen LogP contribution in [0.4, 0.5) is 5.69 Å². The van der Waals surface area contributed by atoms with Gasteiger partial charge in [-0.25, -0.2) is 0 Å². The highest BCUT2D eigenvalue weighted by Gasteiger charge is 2.25. The maximum atomic E-state index is 12.2. The first-order chi connectivity index (χ1) is 9.20. The fraction of sp³-hybridized carbons (Fsp3) is 0.286. The molecule has 1 aromatic carbocycles. The van der Waals surface area contributed by atoms with Gasteiger partial charge >= 0.3 is 0 Å². The van der Waals surface area contributed by atoms with Crippen molar-refractivity contribution in [2.75, 3.05) is 12.8 Å². The van der Waals surface area contributed by atoms with Crippen LogP contribution in [0.5, 0.6) is 5.75 Å². The molecule has 1 heterocycles. The Kier molecular flexibility index (Phi) is 2.74. The predicted octanol–water partition coefficient (Wildman–Crippen LogP) is 1.72. The number of methoxy groups -OCH3 is 1. The molecule has 0 radical (unpaired) electrons. The summed E-state index contributed by atoms with van der Waals surface area (Å²) in [7, 11) is 1.59. The van der Waals surface area contributed by atoms with Gasteiger partial charge in [0.2, 0.25) is 0 Å². The molecule has 0 atom stereocenters. The maximum absolute atomic E-state index is 12.2. The fourth-order valence-electron chi connectivity index (χ4n) is 2.13. The van der Waals surface area contributed by atoms with Crippen molar-refractivity contribution in [3.05, 3.63) is 30.1 Å². The highest BCUT2D eigenvalue weighted by atomic mass is 16.5. The zero-order valence-corrected chi connectivity index (χ0v) is 10.6. The third-order valence-electron chi connectivity index (χ3n) is 3.27. The number of hydrogen-bond donors (Lipinski definition) is 2. The van der Waals surface area contributed by atoms with Crippen LogP contribution in [-0.2, 0) is 0 Å². The molecule has 1 saturated carbocycles. The van der Waals surface area contributed by atoms with Crippen LogP contribution in [0.15, 0.2) is 24.4 Å². The molecule has 0 unspecified atom stereocenters. The Morgan fingerprint density at radius 2 is 2.21 bits per heavy atom. The Labute approximate surface area is 110 Å². The van der Waals surface area contributed by atoms with Crippen LogP contribution in [-0.4, -0.2) is 24.0 Å². The number of nitrogens with one attached hydrogen (secondary N) is 1. The molecule has 1 aromatic heterocycles. The van der Waals surface area contributed by atoms with Crippen molar-refractivity contribution in [3.8, 4) is 5.75 Å². The van der Waals surface area contributed by atoms with Crippen LogP contribution < -0.4 is 15.8 Å². The average Bonchev–Trinajstić information content (AvgIpc) is 3.22. The third kappa shape index (κ3) is 2.07. The summed E-state index contributed by atoms with van der Waals surface area (Å²) in [4.78, 5) is 16.4. The number of rotatable bonds is 3. The number of anilines is 1. The molecule has 3 rings (SSSR count). The molecule has 1 aliphatic rings. The minimum absolute atomic E-state index is 0.173. The van der Waals surface area contributed by atoms with Gasteiger partial charge in [0.15, 0.2) is 0 Å². The summed E-state index contributed by atoms with van der Waals surface area (Å²) in [5, 5.41) is 4.39. The van der Waals surface area contributed by atoms with E-state index in [1.165, 1.54) is 0 Å². The number of amides is 1. The molecule has 1 fully saturated rings. The molecule has 0 bridgehead atoms. The van der Waals surface area contributed by atoms with Gasteiger partial charge in [-0.15, -0.1) is 0 Å². The number of hydrogen-bond acceptors (Lipinski definition) is 4.